The third-order valence-corrected chi connectivity index (χ3v) is 6.14. The molecule has 3 fully saturated rings. The van der Waals surface area contributed by atoms with Crippen LogP contribution in [0.2, 0.25) is 0 Å². The van der Waals surface area contributed by atoms with Crippen molar-refractivity contribution in [1.29, 1.82) is 0 Å². The molecule has 3 aliphatic rings. The fourth-order valence-electron chi connectivity index (χ4n) is 4.60. The maximum Gasteiger partial charge on any atom is 0.227 e. The molecular formula is C19H33N3O2. The molecule has 0 N–H and O–H groups in total. The van der Waals surface area contributed by atoms with E-state index in [1.54, 1.807) is 0 Å². The van der Waals surface area contributed by atoms with Gasteiger partial charge in [-0.3, -0.25) is 9.59 Å². The highest BCUT2D eigenvalue weighted by Crippen LogP contribution is 2.39. The molecule has 3 saturated heterocycles. The van der Waals surface area contributed by atoms with Gasteiger partial charge < -0.3 is 14.7 Å². The van der Waals surface area contributed by atoms with Crippen LogP contribution in [0.25, 0.3) is 0 Å². The minimum absolute atomic E-state index is 0.0193. The zero-order chi connectivity index (χ0) is 17.4. The molecule has 1 spiro atoms. The second kappa shape index (κ2) is 6.66. The highest BCUT2D eigenvalue weighted by Gasteiger charge is 2.47. The SMILES string of the molecule is CC(C)(C)C(=O)N1CCC2(CCC(=O)N2CCN2CCCC2)CC1. The lowest BCUT2D eigenvalue weighted by Crippen LogP contribution is -2.56. The van der Waals surface area contributed by atoms with Crippen LogP contribution in [-0.4, -0.2) is 71.3 Å². The molecule has 3 heterocycles. The Bertz CT molecular complexity index is 483. The van der Waals surface area contributed by atoms with Crippen LogP contribution in [0.5, 0.6) is 0 Å². The van der Waals surface area contributed by atoms with Crippen molar-refractivity contribution in [2.75, 3.05) is 39.3 Å². The summed E-state index contributed by atoms with van der Waals surface area (Å²) in [5, 5.41) is 0. The smallest absolute Gasteiger partial charge is 0.227 e. The Labute approximate surface area is 146 Å². The van der Waals surface area contributed by atoms with E-state index in [0.29, 0.717) is 12.3 Å². The van der Waals surface area contributed by atoms with Gasteiger partial charge in [0.25, 0.3) is 0 Å². The fraction of sp³-hybridized carbons (Fsp3) is 0.895. The molecule has 0 bridgehead atoms. The summed E-state index contributed by atoms with van der Waals surface area (Å²) < 4.78 is 0. The van der Waals surface area contributed by atoms with Crippen molar-refractivity contribution in [2.24, 2.45) is 5.41 Å². The maximum atomic E-state index is 12.5. The zero-order valence-electron chi connectivity index (χ0n) is 15.6. The van der Waals surface area contributed by atoms with Crippen molar-refractivity contribution in [3.8, 4) is 0 Å². The lowest BCUT2D eigenvalue weighted by Gasteiger charge is -2.46. The van der Waals surface area contributed by atoms with Gasteiger partial charge in [-0.05, 0) is 45.2 Å². The van der Waals surface area contributed by atoms with Gasteiger partial charge in [0.15, 0.2) is 0 Å². The van der Waals surface area contributed by atoms with E-state index in [2.05, 4.69) is 9.80 Å². The number of carbonyl (C=O) groups is 2. The van der Waals surface area contributed by atoms with Crippen molar-refractivity contribution in [2.45, 2.75) is 64.8 Å². The van der Waals surface area contributed by atoms with Crippen LogP contribution in [0.15, 0.2) is 0 Å². The summed E-state index contributed by atoms with van der Waals surface area (Å²) in [7, 11) is 0. The molecule has 0 radical (unpaired) electrons. The Hall–Kier alpha value is -1.10. The quantitative estimate of drug-likeness (QED) is 0.793. The van der Waals surface area contributed by atoms with Crippen LogP contribution in [0, 0.1) is 5.41 Å². The second-order valence-corrected chi connectivity index (χ2v) is 8.86. The van der Waals surface area contributed by atoms with E-state index in [-0.39, 0.29) is 16.9 Å². The summed E-state index contributed by atoms with van der Waals surface area (Å²) in [6.45, 7) is 11.8. The van der Waals surface area contributed by atoms with Crippen molar-refractivity contribution in [3.63, 3.8) is 0 Å². The predicted octanol–water partition coefficient (Wildman–Crippen LogP) is 2.11. The highest BCUT2D eigenvalue weighted by atomic mass is 16.2. The van der Waals surface area contributed by atoms with Gasteiger partial charge in [-0.25, -0.2) is 0 Å². The van der Waals surface area contributed by atoms with E-state index in [4.69, 9.17) is 0 Å². The molecule has 0 unspecified atom stereocenters. The third-order valence-electron chi connectivity index (χ3n) is 6.14. The van der Waals surface area contributed by atoms with Gasteiger partial charge in [-0.2, -0.15) is 0 Å². The summed E-state index contributed by atoms with van der Waals surface area (Å²) >= 11 is 0. The van der Waals surface area contributed by atoms with Gasteiger partial charge in [0.05, 0.1) is 0 Å². The Morgan fingerprint density at radius 3 is 2.21 bits per heavy atom. The molecule has 0 saturated carbocycles. The summed E-state index contributed by atoms with van der Waals surface area (Å²) in [4.78, 5) is 31.6. The van der Waals surface area contributed by atoms with E-state index in [9.17, 15) is 9.59 Å². The van der Waals surface area contributed by atoms with Gasteiger partial charge in [0.2, 0.25) is 11.8 Å². The molecule has 0 aromatic carbocycles. The minimum Gasteiger partial charge on any atom is -0.342 e. The van der Waals surface area contributed by atoms with E-state index < -0.39 is 0 Å². The Morgan fingerprint density at radius 1 is 1.00 bits per heavy atom. The van der Waals surface area contributed by atoms with Crippen molar-refractivity contribution in [3.05, 3.63) is 0 Å². The molecule has 0 aromatic heterocycles. The number of hydrogen-bond donors (Lipinski definition) is 0. The Kier molecular flexibility index (Phi) is 4.92. The first-order valence-corrected chi connectivity index (χ1v) is 9.64. The molecule has 5 heteroatoms. The van der Waals surface area contributed by atoms with Gasteiger partial charge in [-0.1, -0.05) is 20.8 Å². The number of rotatable bonds is 3. The van der Waals surface area contributed by atoms with E-state index in [1.807, 2.05) is 25.7 Å². The molecule has 3 rings (SSSR count). The van der Waals surface area contributed by atoms with Crippen LogP contribution >= 0.6 is 0 Å². The molecule has 0 atom stereocenters. The average molecular weight is 335 g/mol. The predicted molar refractivity (Wildman–Crippen MR) is 94.6 cm³/mol. The molecule has 3 aliphatic heterocycles. The lowest BCUT2D eigenvalue weighted by atomic mass is 9.83. The zero-order valence-corrected chi connectivity index (χ0v) is 15.6. The minimum atomic E-state index is -0.314. The van der Waals surface area contributed by atoms with Crippen LogP contribution in [0.3, 0.4) is 0 Å². The largest absolute Gasteiger partial charge is 0.342 e. The molecule has 2 amide bonds. The number of nitrogens with zero attached hydrogens (tertiary/aromatic N) is 3. The van der Waals surface area contributed by atoms with Gasteiger partial charge >= 0.3 is 0 Å². The highest BCUT2D eigenvalue weighted by molar-refractivity contribution is 5.82. The first-order chi connectivity index (χ1) is 11.3. The summed E-state index contributed by atoms with van der Waals surface area (Å²) in [5.74, 6) is 0.565. The fourth-order valence-corrected chi connectivity index (χ4v) is 4.60. The number of amides is 2. The Morgan fingerprint density at radius 2 is 1.62 bits per heavy atom. The topological polar surface area (TPSA) is 43.9 Å². The van der Waals surface area contributed by atoms with Crippen LogP contribution < -0.4 is 0 Å². The molecular weight excluding hydrogens is 302 g/mol. The van der Waals surface area contributed by atoms with E-state index in [1.165, 1.54) is 25.9 Å². The molecule has 0 aromatic rings. The number of hydrogen-bond acceptors (Lipinski definition) is 3. The van der Waals surface area contributed by atoms with E-state index >= 15 is 0 Å². The van der Waals surface area contributed by atoms with Crippen LogP contribution in [0.1, 0.15) is 59.3 Å². The first kappa shape index (κ1) is 17.7. The average Bonchev–Trinajstić information content (AvgIpc) is 3.14. The number of piperidine rings is 1. The molecule has 5 nitrogen and oxygen atoms in total. The van der Waals surface area contributed by atoms with Gasteiger partial charge in [-0.15, -0.1) is 0 Å². The van der Waals surface area contributed by atoms with E-state index in [0.717, 1.165) is 45.4 Å². The molecule has 24 heavy (non-hydrogen) atoms. The van der Waals surface area contributed by atoms with Crippen molar-refractivity contribution in [1.82, 2.24) is 14.7 Å². The van der Waals surface area contributed by atoms with Crippen LogP contribution in [0.4, 0.5) is 0 Å². The van der Waals surface area contributed by atoms with Crippen molar-refractivity contribution < 1.29 is 9.59 Å². The van der Waals surface area contributed by atoms with Gasteiger partial charge in [0, 0.05) is 43.6 Å². The number of likely N-dealkylation sites (tertiary alicyclic amines) is 3. The van der Waals surface area contributed by atoms with Crippen LogP contribution in [-0.2, 0) is 9.59 Å². The monoisotopic (exact) mass is 335 g/mol. The normalized spacial score (nSPS) is 25.0. The first-order valence-electron chi connectivity index (χ1n) is 9.64. The molecule has 0 aliphatic carbocycles. The second-order valence-electron chi connectivity index (χ2n) is 8.86. The summed E-state index contributed by atoms with van der Waals surface area (Å²) in [6.07, 6.45) is 6.14. The standard InChI is InChI=1S/C19H33N3O2/c1-18(2,3)17(24)21-12-8-19(9-13-21)7-6-16(23)22(19)15-14-20-10-4-5-11-20/h4-15H2,1-3H3. The number of carbonyl (C=O) groups excluding carboxylic acids is 2. The Balaban J connectivity index is 1.60. The van der Waals surface area contributed by atoms with Gasteiger partial charge in [0.1, 0.15) is 0 Å². The maximum absolute atomic E-state index is 12.5. The summed E-state index contributed by atoms with van der Waals surface area (Å²) in [6, 6.07) is 0. The molecule has 136 valence electrons. The third kappa shape index (κ3) is 3.46. The summed E-state index contributed by atoms with van der Waals surface area (Å²) in [5.41, 5.74) is -0.295. The van der Waals surface area contributed by atoms with Crippen molar-refractivity contribution >= 4 is 11.8 Å². The lowest BCUT2D eigenvalue weighted by molar-refractivity contribution is -0.143.